The third-order valence-corrected chi connectivity index (χ3v) is 4.09. The van der Waals surface area contributed by atoms with Gasteiger partial charge in [0.05, 0.1) is 0 Å². The second-order valence-electron chi connectivity index (χ2n) is 5.40. The van der Waals surface area contributed by atoms with E-state index in [0.717, 1.165) is 10.0 Å². The van der Waals surface area contributed by atoms with E-state index in [4.69, 9.17) is 0 Å². The summed E-state index contributed by atoms with van der Waals surface area (Å²) in [6.07, 6.45) is 0.835. The molecule has 2 amide bonds. The van der Waals surface area contributed by atoms with Crippen LogP contribution in [0.15, 0.2) is 28.7 Å². The van der Waals surface area contributed by atoms with E-state index >= 15 is 0 Å². The Morgan fingerprint density at radius 1 is 1.15 bits per heavy atom. The van der Waals surface area contributed by atoms with Crippen LogP contribution in [-0.2, 0) is 9.59 Å². The van der Waals surface area contributed by atoms with Crippen molar-refractivity contribution in [2.24, 2.45) is 0 Å². The predicted octanol–water partition coefficient (Wildman–Crippen LogP) is 2.24. The molecule has 20 heavy (non-hydrogen) atoms. The summed E-state index contributed by atoms with van der Waals surface area (Å²) in [5, 5.41) is 0. The summed E-state index contributed by atoms with van der Waals surface area (Å²) in [5.41, 5.74) is 1.06. The van der Waals surface area contributed by atoms with Crippen LogP contribution in [0.25, 0.3) is 0 Å². The minimum absolute atomic E-state index is 0.0127. The molecular weight excluding hydrogens is 320 g/mol. The van der Waals surface area contributed by atoms with E-state index in [1.165, 1.54) is 4.90 Å². The zero-order chi connectivity index (χ0) is 14.7. The molecule has 0 atom stereocenters. The van der Waals surface area contributed by atoms with Gasteiger partial charge in [-0.25, -0.2) is 0 Å². The van der Waals surface area contributed by atoms with E-state index in [1.807, 2.05) is 43.3 Å². The van der Waals surface area contributed by atoms with Gasteiger partial charge in [-0.1, -0.05) is 28.1 Å². The number of carbonyl (C=O) groups is 2. The predicted molar refractivity (Wildman–Crippen MR) is 81.4 cm³/mol. The number of piperidine rings is 1. The average Bonchev–Trinajstić information content (AvgIpc) is 2.38. The van der Waals surface area contributed by atoms with E-state index in [-0.39, 0.29) is 17.7 Å². The summed E-state index contributed by atoms with van der Waals surface area (Å²) in [6, 6.07) is 7.85. The molecule has 108 valence electrons. The van der Waals surface area contributed by atoms with E-state index in [0.29, 0.717) is 25.9 Å². The number of nitrogens with zero attached hydrogens (tertiary/aromatic N) is 2. The number of hydrogen-bond acceptors (Lipinski definition) is 3. The fourth-order valence-corrected chi connectivity index (χ4v) is 2.64. The molecule has 2 rings (SSSR count). The minimum atomic E-state index is -0.0592. The fourth-order valence-electron chi connectivity index (χ4n) is 2.37. The van der Waals surface area contributed by atoms with E-state index in [9.17, 15) is 9.59 Å². The Morgan fingerprint density at radius 2 is 1.70 bits per heavy atom. The summed E-state index contributed by atoms with van der Waals surface area (Å²) in [6.45, 7) is 1.19. The van der Waals surface area contributed by atoms with Gasteiger partial charge in [0.15, 0.2) is 0 Å². The number of likely N-dealkylation sites (tertiary alicyclic amines) is 1. The Balaban J connectivity index is 2.04. The van der Waals surface area contributed by atoms with E-state index < -0.39 is 0 Å². The Bertz CT molecular complexity index is 481. The van der Waals surface area contributed by atoms with Crippen molar-refractivity contribution in [1.29, 1.82) is 0 Å². The highest BCUT2D eigenvalue weighted by Crippen LogP contribution is 2.30. The van der Waals surface area contributed by atoms with Crippen molar-refractivity contribution in [1.82, 2.24) is 9.80 Å². The lowest BCUT2D eigenvalue weighted by molar-refractivity contribution is -0.148. The number of carbonyl (C=O) groups excluding carboxylic acids is 2. The standard InChI is InChI=1S/C15H19BrN2O2/c1-17(2)7-8-18-14(19)9-12(10-15(18)20)11-3-5-13(16)6-4-11/h3-6,12H,7-10H2,1-2H3. The van der Waals surface area contributed by atoms with Crippen molar-refractivity contribution in [3.8, 4) is 0 Å². The van der Waals surface area contributed by atoms with Crippen molar-refractivity contribution in [3.05, 3.63) is 34.3 Å². The molecule has 0 aliphatic carbocycles. The van der Waals surface area contributed by atoms with Gasteiger partial charge in [0.1, 0.15) is 0 Å². The molecule has 0 N–H and O–H groups in total. The molecule has 5 heteroatoms. The molecule has 1 aliphatic rings. The largest absolute Gasteiger partial charge is 0.308 e. The quantitative estimate of drug-likeness (QED) is 0.790. The molecule has 0 aromatic heterocycles. The number of hydrogen-bond donors (Lipinski definition) is 0. The topological polar surface area (TPSA) is 40.6 Å². The number of benzene rings is 1. The van der Waals surface area contributed by atoms with Crippen molar-refractivity contribution in [3.63, 3.8) is 0 Å². The van der Waals surface area contributed by atoms with Crippen LogP contribution < -0.4 is 0 Å². The summed E-state index contributed by atoms with van der Waals surface area (Å²) >= 11 is 3.39. The van der Waals surface area contributed by atoms with Gasteiger partial charge in [0, 0.05) is 36.3 Å². The van der Waals surface area contributed by atoms with Crippen molar-refractivity contribution < 1.29 is 9.59 Å². The third-order valence-electron chi connectivity index (χ3n) is 3.56. The fraction of sp³-hybridized carbons (Fsp3) is 0.467. The second-order valence-corrected chi connectivity index (χ2v) is 6.31. The Kier molecular flexibility index (Phi) is 4.94. The SMILES string of the molecule is CN(C)CCN1C(=O)CC(c2ccc(Br)cc2)CC1=O. The molecule has 0 spiro atoms. The molecule has 4 nitrogen and oxygen atoms in total. The maximum absolute atomic E-state index is 12.1. The first-order chi connectivity index (χ1) is 9.47. The first-order valence-corrected chi connectivity index (χ1v) is 7.50. The van der Waals surface area contributed by atoms with E-state index in [1.54, 1.807) is 0 Å². The molecule has 0 saturated carbocycles. The molecule has 1 saturated heterocycles. The van der Waals surface area contributed by atoms with Crippen molar-refractivity contribution in [2.75, 3.05) is 27.2 Å². The molecular formula is C15H19BrN2O2. The maximum atomic E-state index is 12.1. The highest BCUT2D eigenvalue weighted by atomic mass is 79.9. The summed E-state index contributed by atoms with van der Waals surface area (Å²) in [7, 11) is 3.87. The number of imide groups is 1. The summed E-state index contributed by atoms with van der Waals surface area (Å²) in [5.74, 6) is -0.106. The zero-order valence-corrected chi connectivity index (χ0v) is 13.4. The van der Waals surface area contributed by atoms with Crippen LogP contribution in [0.4, 0.5) is 0 Å². The Morgan fingerprint density at radius 3 is 2.20 bits per heavy atom. The minimum Gasteiger partial charge on any atom is -0.308 e. The van der Waals surface area contributed by atoms with Crippen LogP contribution in [0.5, 0.6) is 0 Å². The highest BCUT2D eigenvalue weighted by Gasteiger charge is 2.32. The van der Waals surface area contributed by atoms with Crippen LogP contribution in [0.1, 0.15) is 24.3 Å². The monoisotopic (exact) mass is 338 g/mol. The Labute approximate surface area is 127 Å². The summed E-state index contributed by atoms with van der Waals surface area (Å²) in [4.78, 5) is 27.7. The second kappa shape index (κ2) is 6.50. The average molecular weight is 339 g/mol. The number of likely N-dealkylation sites (N-methyl/N-ethyl adjacent to an activating group) is 1. The van der Waals surface area contributed by atoms with Crippen LogP contribution in [0, 0.1) is 0 Å². The lowest BCUT2D eigenvalue weighted by Crippen LogP contribution is -2.45. The number of halogens is 1. The first kappa shape index (κ1) is 15.2. The number of amides is 2. The van der Waals surface area contributed by atoms with Gasteiger partial charge >= 0.3 is 0 Å². The van der Waals surface area contributed by atoms with Gasteiger partial charge in [-0.05, 0) is 31.8 Å². The van der Waals surface area contributed by atoms with Gasteiger partial charge < -0.3 is 4.90 Å². The summed E-state index contributed by atoms with van der Waals surface area (Å²) < 4.78 is 1.00. The van der Waals surface area contributed by atoms with Crippen molar-refractivity contribution >= 4 is 27.7 Å². The van der Waals surface area contributed by atoms with Gasteiger partial charge in [0.25, 0.3) is 0 Å². The molecule has 1 fully saturated rings. The van der Waals surface area contributed by atoms with Gasteiger partial charge in [0.2, 0.25) is 11.8 Å². The molecule has 1 heterocycles. The van der Waals surface area contributed by atoms with Gasteiger partial charge in [-0.15, -0.1) is 0 Å². The molecule has 1 aliphatic heterocycles. The smallest absolute Gasteiger partial charge is 0.229 e. The molecule has 0 radical (unpaired) electrons. The Hall–Kier alpha value is -1.20. The van der Waals surface area contributed by atoms with Gasteiger partial charge in [-0.2, -0.15) is 0 Å². The van der Waals surface area contributed by atoms with Crippen LogP contribution in [0.3, 0.4) is 0 Å². The third kappa shape index (κ3) is 3.67. The van der Waals surface area contributed by atoms with Crippen LogP contribution in [-0.4, -0.2) is 48.8 Å². The van der Waals surface area contributed by atoms with Gasteiger partial charge in [-0.3, -0.25) is 14.5 Å². The lowest BCUT2D eigenvalue weighted by Gasteiger charge is -2.31. The molecule has 1 aromatic carbocycles. The normalized spacial score (nSPS) is 17.1. The zero-order valence-electron chi connectivity index (χ0n) is 11.8. The molecule has 0 unspecified atom stereocenters. The van der Waals surface area contributed by atoms with Crippen molar-refractivity contribution in [2.45, 2.75) is 18.8 Å². The lowest BCUT2D eigenvalue weighted by atomic mass is 9.88. The molecule has 0 bridgehead atoms. The number of rotatable bonds is 4. The van der Waals surface area contributed by atoms with Crippen LogP contribution >= 0.6 is 15.9 Å². The van der Waals surface area contributed by atoms with E-state index in [2.05, 4.69) is 15.9 Å². The maximum Gasteiger partial charge on any atom is 0.229 e. The first-order valence-electron chi connectivity index (χ1n) is 6.70. The highest BCUT2D eigenvalue weighted by molar-refractivity contribution is 9.10. The molecule has 1 aromatic rings. The van der Waals surface area contributed by atoms with Crippen LogP contribution in [0.2, 0.25) is 0 Å².